The number of rotatable bonds is 7. The summed E-state index contributed by atoms with van der Waals surface area (Å²) in [5.41, 5.74) is 2.88. The topological polar surface area (TPSA) is 21.3 Å². The maximum absolute atomic E-state index is 5.67. The van der Waals surface area contributed by atoms with Crippen molar-refractivity contribution in [1.82, 2.24) is 5.32 Å². The average Bonchev–Trinajstić information content (AvgIpc) is 2.52. The zero-order chi connectivity index (χ0) is 14.2. The molecule has 1 heterocycles. The average molecular weight is 275 g/mol. The molecule has 1 N–H and O–H groups in total. The number of benzene rings is 1. The van der Waals surface area contributed by atoms with Crippen molar-refractivity contribution in [1.29, 1.82) is 0 Å². The number of ether oxygens (including phenoxy) is 1. The summed E-state index contributed by atoms with van der Waals surface area (Å²) in [7, 11) is 0. The maximum atomic E-state index is 5.67. The summed E-state index contributed by atoms with van der Waals surface area (Å²) in [4.78, 5) is 0. The van der Waals surface area contributed by atoms with Gasteiger partial charge in [-0.05, 0) is 43.4 Å². The Hall–Kier alpha value is -0.860. The lowest BCUT2D eigenvalue weighted by Gasteiger charge is -2.31. The summed E-state index contributed by atoms with van der Waals surface area (Å²) in [6, 6.07) is 9.68. The van der Waals surface area contributed by atoms with Crippen LogP contribution in [0.15, 0.2) is 24.3 Å². The Bertz CT molecular complexity index is 368. The minimum Gasteiger partial charge on any atom is -0.381 e. The summed E-state index contributed by atoms with van der Waals surface area (Å²) in [5, 5.41) is 3.65. The minimum absolute atomic E-state index is 0.445. The second-order valence-electron chi connectivity index (χ2n) is 5.86. The van der Waals surface area contributed by atoms with Crippen molar-refractivity contribution < 1.29 is 4.74 Å². The summed E-state index contributed by atoms with van der Waals surface area (Å²) in [5.74, 6) is 0.616. The third-order valence-electron chi connectivity index (χ3n) is 4.25. The monoisotopic (exact) mass is 275 g/mol. The Kier molecular flexibility index (Phi) is 6.55. The molecule has 2 rings (SSSR count). The van der Waals surface area contributed by atoms with Crippen LogP contribution >= 0.6 is 0 Å². The van der Waals surface area contributed by atoms with Gasteiger partial charge in [0.25, 0.3) is 0 Å². The highest BCUT2D eigenvalue weighted by Crippen LogP contribution is 2.29. The molecule has 1 aliphatic heterocycles. The highest BCUT2D eigenvalue weighted by atomic mass is 16.5. The number of aryl methyl sites for hydroxylation is 1. The van der Waals surface area contributed by atoms with Gasteiger partial charge in [-0.25, -0.2) is 0 Å². The first-order valence-corrected chi connectivity index (χ1v) is 8.25. The van der Waals surface area contributed by atoms with Gasteiger partial charge in [-0.3, -0.25) is 0 Å². The fourth-order valence-electron chi connectivity index (χ4n) is 3.08. The molecule has 1 saturated heterocycles. The molecule has 2 nitrogen and oxygen atoms in total. The van der Waals surface area contributed by atoms with Crippen LogP contribution in [0.25, 0.3) is 0 Å². The largest absolute Gasteiger partial charge is 0.381 e. The van der Waals surface area contributed by atoms with Crippen molar-refractivity contribution in [3.63, 3.8) is 0 Å². The van der Waals surface area contributed by atoms with E-state index in [1.165, 1.54) is 43.2 Å². The second-order valence-corrected chi connectivity index (χ2v) is 5.86. The predicted molar refractivity (Wildman–Crippen MR) is 85.0 cm³/mol. The zero-order valence-corrected chi connectivity index (χ0v) is 13.0. The van der Waals surface area contributed by atoms with Gasteiger partial charge in [0.1, 0.15) is 0 Å². The minimum atomic E-state index is 0.445. The van der Waals surface area contributed by atoms with E-state index in [0.717, 1.165) is 19.8 Å². The van der Waals surface area contributed by atoms with E-state index in [4.69, 9.17) is 4.74 Å². The van der Waals surface area contributed by atoms with Gasteiger partial charge in [-0.15, -0.1) is 0 Å². The SMILES string of the molecule is CCCCc1ccc(C(NCC)C2CCCOC2)cc1. The van der Waals surface area contributed by atoms with Crippen LogP contribution in [0.2, 0.25) is 0 Å². The highest BCUT2D eigenvalue weighted by Gasteiger charge is 2.24. The van der Waals surface area contributed by atoms with Crippen LogP contribution in [-0.4, -0.2) is 19.8 Å². The van der Waals surface area contributed by atoms with Gasteiger partial charge in [0.15, 0.2) is 0 Å². The summed E-state index contributed by atoms with van der Waals surface area (Å²) >= 11 is 0. The molecule has 0 spiro atoms. The van der Waals surface area contributed by atoms with Crippen LogP contribution in [0.4, 0.5) is 0 Å². The third kappa shape index (κ3) is 4.32. The fourth-order valence-corrected chi connectivity index (χ4v) is 3.08. The van der Waals surface area contributed by atoms with E-state index >= 15 is 0 Å². The summed E-state index contributed by atoms with van der Waals surface area (Å²) < 4.78 is 5.67. The first-order chi connectivity index (χ1) is 9.85. The van der Waals surface area contributed by atoms with Crippen LogP contribution in [0, 0.1) is 5.92 Å². The van der Waals surface area contributed by atoms with Crippen molar-refractivity contribution in [3.8, 4) is 0 Å². The Morgan fingerprint density at radius 3 is 2.65 bits per heavy atom. The normalized spacial score (nSPS) is 20.8. The summed E-state index contributed by atoms with van der Waals surface area (Å²) in [6.45, 7) is 7.28. The second kappa shape index (κ2) is 8.43. The molecule has 1 aliphatic rings. The van der Waals surface area contributed by atoms with Crippen LogP contribution in [0.1, 0.15) is 56.7 Å². The Morgan fingerprint density at radius 2 is 2.05 bits per heavy atom. The highest BCUT2D eigenvalue weighted by molar-refractivity contribution is 5.26. The zero-order valence-electron chi connectivity index (χ0n) is 13.0. The molecule has 1 aromatic rings. The standard InChI is InChI=1S/C18H29NO/c1-3-5-7-15-9-11-16(12-10-15)18(19-4-2)17-8-6-13-20-14-17/h9-12,17-19H,3-8,13-14H2,1-2H3. The lowest BCUT2D eigenvalue weighted by molar-refractivity contribution is 0.0393. The van der Waals surface area contributed by atoms with Gasteiger partial charge in [-0.1, -0.05) is 44.5 Å². The molecule has 0 radical (unpaired) electrons. The number of hydrogen-bond acceptors (Lipinski definition) is 2. The van der Waals surface area contributed by atoms with Gasteiger partial charge >= 0.3 is 0 Å². The van der Waals surface area contributed by atoms with Crippen LogP contribution in [0.5, 0.6) is 0 Å². The molecule has 0 amide bonds. The van der Waals surface area contributed by atoms with Crippen molar-refractivity contribution in [2.24, 2.45) is 5.92 Å². The van der Waals surface area contributed by atoms with E-state index in [1.54, 1.807) is 0 Å². The van der Waals surface area contributed by atoms with Crippen molar-refractivity contribution in [3.05, 3.63) is 35.4 Å². The molecule has 112 valence electrons. The molecule has 2 atom stereocenters. The van der Waals surface area contributed by atoms with Crippen LogP contribution in [-0.2, 0) is 11.2 Å². The molecule has 1 aromatic carbocycles. The third-order valence-corrected chi connectivity index (χ3v) is 4.25. The maximum Gasteiger partial charge on any atom is 0.0512 e. The Labute approximate surface area is 123 Å². The van der Waals surface area contributed by atoms with Gasteiger partial charge in [0, 0.05) is 18.6 Å². The molecular formula is C18H29NO. The quantitative estimate of drug-likeness (QED) is 0.808. The first kappa shape index (κ1) is 15.5. The molecule has 2 heteroatoms. The molecule has 20 heavy (non-hydrogen) atoms. The van der Waals surface area contributed by atoms with E-state index in [-0.39, 0.29) is 0 Å². The molecule has 0 saturated carbocycles. The lowest BCUT2D eigenvalue weighted by atomic mass is 9.88. The van der Waals surface area contributed by atoms with Gasteiger partial charge in [0.2, 0.25) is 0 Å². The van der Waals surface area contributed by atoms with Gasteiger partial charge < -0.3 is 10.1 Å². The van der Waals surface area contributed by atoms with Crippen LogP contribution in [0.3, 0.4) is 0 Å². The fraction of sp³-hybridized carbons (Fsp3) is 0.667. The first-order valence-electron chi connectivity index (χ1n) is 8.25. The predicted octanol–water partition coefficient (Wildman–Crippen LogP) is 4.11. The molecular weight excluding hydrogens is 246 g/mol. The van der Waals surface area contributed by atoms with E-state index < -0.39 is 0 Å². The molecule has 0 aliphatic carbocycles. The van der Waals surface area contributed by atoms with Gasteiger partial charge in [-0.2, -0.15) is 0 Å². The van der Waals surface area contributed by atoms with Crippen molar-refractivity contribution >= 4 is 0 Å². The van der Waals surface area contributed by atoms with E-state index in [9.17, 15) is 0 Å². The van der Waals surface area contributed by atoms with E-state index in [1.807, 2.05) is 0 Å². The molecule has 1 fully saturated rings. The smallest absolute Gasteiger partial charge is 0.0512 e. The van der Waals surface area contributed by atoms with E-state index in [0.29, 0.717) is 12.0 Å². The molecule has 2 unspecified atom stereocenters. The summed E-state index contributed by atoms with van der Waals surface area (Å²) in [6.07, 6.45) is 6.22. The number of hydrogen-bond donors (Lipinski definition) is 1. The Morgan fingerprint density at radius 1 is 1.25 bits per heavy atom. The number of nitrogens with one attached hydrogen (secondary N) is 1. The van der Waals surface area contributed by atoms with Gasteiger partial charge in [0.05, 0.1) is 6.61 Å². The van der Waals surface area contributed by atoms with Crippen molar-refractivity contribution in [2.45, 2.75) is 52.0 Å². The Balaban J connectivity index is 2.04. The van der Waals surface area contributed by atoms with Crippen molar-refractivity contribution in [2.75, 3.05) is 19.8 Å². The van der Waals surface area contributed by atoms with Crippen LogP contribution < -0.4 is 5.32 Å². The number of unbranched alkanes of at least 4 members (excludes halogenated alkanes) is 1. The molecule has 0 bridgehead atoms. The molecule has 0 aromatic heterocycles. The lowest BCUT2D eigenvalue weighted by Crippen LogP contribution is -2.33. The van der Waals surface area contributed by atoms with E-state index in [2.05, 4.69) is 43.4 Å².